The molecule has 21 heavy (non-hydrogen) atoms. The first-order valence-corrected chi connectivity index (χ1v) is 8.07. The van der Waals surface area contributed by atoms with Crippen LogP contribution in [0.15, 0.2) is 36.5 Å². The molecular formula is C18H24N2O. The number of aromatic nitrogens is 1. The van der Waals surface area contributed by atoms with Crippen LogP contribution in [0.4, 0.5) is 0 Å². The summed E-state index contributed by atoms with van der Waals surface area (Å²) in [5.41, 5.74) is 2.44. The van der Waals surface area contributed by atoms with Gasteiger partial charge in [-0.25, -0.2) is 0 Å². The zero-order chi connectivity index (χ0) is 14.5. The van der Waals surface area contributed by atoms with Crippen LogP contribution in [0.3, 0.4) is 0 Å². The predicted molar refractivity (Wildman–Crippen MR) is 86.4 cm³/mol. The van der Waals surface area contributed by atoms with E-state index in [2.05, 4.69) is 41.5 Å². The molecule has 2 atom stereocenters. The SMILES string of the molecule is CCNC(CCC1CCCO1)c1ccnc2ccccc12. The van der Waals surface area contributed by atoms with E-state index < -0.39 is 0 Å². The second-order valence-corrected chi connectivity index (χ2v) is 5.74. The highest BCUT2D eigenvalue weighted by Gasteiger charge is 2.19. The van der Waals surface area contributed by atoms with E-state index in [1.165, 1.54) is 23.8 Å². The Labute approximate surface area is 126 Å². The molecule has 0 amide bonds. The fraction of sp³-hybridized carbons (Fsp3) is 0.500. The summed E-state index contributed by atoms with van der Waals surface area (Å²) in [7, 11) is 0. The molecule has 2 unspecified atom stereocenters. The number of rotatable bonds is 6. The molecule has 1 N–H and O–H groups in total. The fourth-order valence-corrected chi connectivity index (χ4v) is 3.26. The Kier molecular flexibility index (Phi) is 4.84. The Balaban J connectivity index is 1.80. The van der Waals surface area contributed by atoms with Crippen LogP contribution < -0.4 is 5.32 Å². The smallest absolute Gasteiger partial charge is 0.0705 e. The summed E-state index contributed by atoms with van der Waals surface area (Å²) >= 11 is 0. The molecule has 0 aliphatic carbocycles. The van der Waals surface area contributed by atoms with Crippen LogP contribution in [0.1, 0.15) is 44.2 Å². The third kappa shape index (κ3) is 3.42. The third-order valence-corrected chi connectivity index (χ3v) is 4.31. The molecule has 2 heterocycles. The van der Waals surface area contributed by atoms with Crippen molar-refractivity contribution in [3.8, 4) is 0 Å². The summed E-state index contributed by atoms with van der Waals surface area (Å²) < 4.78 is 5.76. The van der Waals surface area contributed by atoms with Gasteiger partial charge in [0.05, 0.1) is 11.6 Å². The van der Waals surface area contributed by atoms with Crippen LogP contribution in [-0.4, -0.2) is 24.2 Å². The van der Waals surface area contributed by atoms with E-state index in [1.807, 2.05) is 12.3 Å². The molecule has 3 rings (SSSR count). The van der Waals surface area contributed by atoms with Crippen molar-refractivity contribution in [1.29, 1.82) is 0 Å². The lowest BCUT2D eigenvalue weighted by Crippen LogP contribution is -2.22. The normalized spacial score (nSPS) is 20.0. The number of para-hydroxylation sites is 1. The van der Waals surface area contributed by atoms with E-state index in [4.69, 9.17) is 4.74 Å². The predicted octanol–water partition coefficient (Wildman–Crippen LogP) is 3.84. The fourth-order valence-electron chi connectivity index (χ4n) is 3.26. The minimum Gasteiger partial charge on any atom is -0.378 e. The highest BCUT2D eigenvalue weighted by atomic mass is 16.5. The lowest BCUT2D eigenvalue weighted by atomic mass is 9.96. The first-order valence-electron chi connectivity index (χ1n) is 8.07. The number of benzene rings is 1. The van der Waals surface area contributed by atoms with E-state index in [-0.39, 0.29) is 0 Å². The van der Waals surface area contributed by atoms with Crippen molar-refractivity contribution >= 4 is 10.9 Å². The molecule has 1 aliphatic rings. The minimum absolute atomic E-state index is 0.382. The maximum absolute atomic E-state index is 5.76. The van der Waals surface area contributed by atoms with Crippen molar-refractivity contribution in [2.45, 2.75) is 44.8 Å². The average Bonchev–Trinajstić information content (AvgIpc) is 3.04. The van der Waals surface area contributed by atoms with Gasteiger partial charge < -0.3 is 10.1 Å². The topological polar surface area (TPSA) is 34.1 Å². The highest BCUT2D eigenvalue weighted by Crippen LogP contribution is 2.28. The first kappa shape index (κ1) is 14.5. The second-order valence-electron chi connectivity index (χ2n) is 5.74. The zero-order valence-corrected chi connectivity index (χ0v) is 12.7. The molecule has 1 aromatic carbocycles. The molecule has 1 aliphatic heterocycles. The van der Waals surface area contributed by atoms with Crippen LogP contribution in [-0.2, 0) is 4.74 Å². The Bertz CT molecular complexity index is 573. The number of ether oxygens (including phenoxy) is 1. The number of pyridine rings is 1. The lowest BCUT2D eigenvalue weighted by molar-refractivity contribution is 0.0997. The zero-order valence-electron chi connectivity index (χ0n) is 12.7. The maximum Gasteiger partial charge on any atom is 0.0705 e. The van der Waals surface area contributed by atoms with Crippen molar-refractivity contribution in [1.82, 2.24) is 10.3 Å². The number of nitrogens with zero attached hydrogens (tertiary/aromatic N) is 1. The van der Waals surface area contributed by atoms with Gasteiger partial charge in [-0.05, 0) is 49.9 Å². The van der Waals surface area contributed by atoms with Crippen LogP contribution in [0.2, 0.25) is 0 Å². The highest BCUT2D eigenvalue weighted by molar-refractivity contribution is 5.82. The molecule has 1 fully saturated rings. The summed E-state index contributed by atoms with van der Waals surface area (Å²) in [6, 6.07) is 10.9. The van der Waals surface area contributed by atoms with E-state index >= 15 is 0 Å². The molecule has 2 aromatic rings. The maximum atomic E-state index is 5.76. The number of fused-ring (bicyclic) bond motifs is 1. The molecule has 3 nitrogen and oxygen atoms in total. The number of hydrogen-bond acceptors (Lipinski definition) is 3. The summed E-state index contributed by atoms with van der Waals surface area (Å²) in [5, 5.41) is 4.89. The first-order chi connectivity index (χ1) is 10.4. The number of nitrogens with one attached hydrogen (secondary N) is 1. The van der Waals surface area contributed by atoms with E-state index in [0.717, 1.165) is 31.5 Å². The van der Waals surface area contributed by atoms with Crippen molar-refractivity contribution in [3.05, 3.63) is 42.1 Å². The molecule has 1 aromatic heterocycles. The Morgan fingerprint density at radius 2 is 2.24 bits per heavy atom. The summed E-state index contributed by atoms with van der Waals surface area (Å²) in [5.74, 6) is 0. The third-order valence-electron chi connectivity index (χ3n) is 4.31. The molecule has 112 valence electrons. The van der Waals surface area contributed by atoms with Gasteiger partial charge >= 0.3 is 0 Å². The van der Waals surface area contributed by atoms with Crippen molar-refractivity contribution in [2.24, 2.45) is 0 Å². The average molecular weight is 284 g/mol. The molecule has 0 radical (unpaired) electrons. The standard InChI is InChI=1S/C18H24N2O/c1-2-19-18(10-9-14-6-5-13-21-14)16-11-12-20-17-8-4-3-7-15(16)17/h3-4,7-8,11-12,14,18-19H,2,5-6,9-10,13H2,1H3. The molecule has 0 saturated carbocycles. The van der Waals surface area contributed by atoms with Crippen molar-refractivity contribution in [2.75, 3.05) is 13.2 Å². The van der Waals surface area contributed by atoms with Gasteiger partial charge in [-0.2, -0.15) is 0 Å². The molecule has 1 saturated heterocycles. The lowest BCUT2D eigenvalue weighted by Gasteiger charge is -2.21. The summed E-state index contributed by atoms with van der Waals surface area (Å²) in [6.45, 7) is 4.09. The van der Waals surface area contributed by atoms with Gasteiger partial charge in [0.2, 0.25) is 0 Å². The van der Waals surface area contributed by atoms with Gasteiger partial charge in [0.1, 0.15) is 0 Å². The van der Waals surface area contributed by atoms with Gasteiger partial charge in [-0.15, -0.1) is 0 Å². The van der Waals surface area contributed by atoms with Gasteiger partial charge in [0.15, 0.2) is 0 Å². The van der Waals surface area contributed by atoms with Crippen LogP contribution >= 0.6 is 0 Å². The Morgan fingerprint density at radius 1 is 1.33 bits per heavy atom. The molecule has 3 heteroatoms. The number of hydrogen-bond donors (Lipinski definition) is 1. The van der Waals surface area contributed by atoms with E-state index in [0.29, 0.717) is 12.1 Å². The summed E-state index contributed by atoms with van der Waals surface area (Å²) in [6.07, 6.45) is 7.07. The van der Waals surface area contributed by atoms with Crippen molar-refractivity contribution < 1.29 is 4.74 Å². The van der Waals surface area contributed by atoms with Gasteiger partial charge in [0, 0.05) is 24.2 Å². The van der Waals surface area contributed by atoms with Crippen LogP contribution in [0, 0.1) is 0 Å². The Hall–Kier alpha value is -1.45. The van der Waals surface area contributed by atoms with Gasteiger partial charge in [0.25, 0.3) is 0 Å². The molecular weight excluding hydrogens is 260 g/mol. The monoisotopic (exact) mass is 284 g/mol. The largest absolute Gasteiger partial charge is 0.378 e. The second kappa shape index (κ2) is 7.01. The van der Waals surface area contributed by atoms with Gasteiger partial charge in [-0.3, -0.25) is 4.98 Å². The quantitative estimate of drug-likeness (QED) is 0.875. The van der Waals surface area contributed by atoms with E-state index in [9.17, 15) is 0 Å². The minimum atomic E-state index is 0.382. The van der Waals surface area contributed by atoms with E-state index in [1.54, 1.807) is 0 Å². The molecule has 0 bridgehead atoms. The Morgan fingerprint density at radius 3 is 3.05 bits per heavy atom. The summed E-state index contributed by atoms with van der Waals surface area (Å²) in [4.78, 5) is 4.47. The van der Waals surface area contributed by atoms with Crippen molar-refractivity contribution in [3.63, 3.8) is 0 Å². The molecule has 0 spiro atoms. The van der Waals surface area contributed by atoms with Crippen LogP contribution in [0.25, 0.3) is 10.9 Å². The van der Waals surface area contributed by atoms with Crippen LogP contribution in [0.5, 0.6) is 0 Å². The van der Waals surface area contributed by atoms with Gasteiger partial charge in [-0.1, -0.05) is 25.1 Å².